The van der Waals surface area contributed by atoms with Crippen molar-refractivity contribution in [2.24, 2.45) is 17.8 Å². The number of rotatable bonds is 4. The molecule has 0 radical (unpaired) electrons. The number of amides is 1. The van der Waals surface area contributed by atoms with Gasteiger partial charge in [0.25, 0.3) is 5.91 Å². The summed E-state index contributed by atoms with van der Waals surface area (Å²) in [7, 11) is -0.975. The average Bonchev–Trinajstić information content (AvgIpc) is 3.25. The second kappa shape index (κ2) is 15.0. The number of nitrogens with zero attached hydrogens (tertiary/aromatic N) is 3. The van der Waals surface area contributed by atoms with Gasteiger partial charge in [-0.15, -0.1) is 0 Å². The van der Waals surface area contributed by atoms with Crippen LogP contribution in [0.4, 0.5) is 5.69 Å². The summed E-state index contributed by atoms with van der Waals surface area (Å²) in [5, 5.41) is 0.494. The minimum absolute atomic E-state index is 0.119. The lowest BCUT2D eigenvalue weighted by atomic mass is 9.62. The van der Waals surface area contributed by atoms with Crippen LogP contribution in [0, 0.1) is 17.8 Å². The fourth-order valence-corrected chi connectivity index (χ4v) is 12.2. The zero-order chi connectivity index (χ0) is 37.0. The Morgan fingerprint density at radius 3 is 2.57 bits per heavy atom. The monoisotopic (exact) mass is 766 g/mol. The van der Waals surface area contributed by atoms with Gasteiger partial charge in [-0.05, 0) is 117 Å². The van der Waals surface area contributed by atoms with Crippen LogP contribution in [0.3, 0.4) is 0 Å². The van der Waals surface area contributed by atoms with E-state index in [4.69, 9.17) is 25.8 Å². The number of benzene rings is 2. The molecule has 2 saturated heterocycles. The molecular formula is C42H59ClN4O5S. The Labute approximate surface area is 322 Å². The lowest BCUT2D eigenvalue weighted by Gasteiger charge is -2.54. The lowest BCUT2D eigenvalue weighted by molar-refractivity contribution is -0.138. The van der Waals surface area contributed by atoms with Gasteiger partial charge in [0.1, 0.15) is 5.75 Å². The van der Waals surface area contributed by atoms with Crippen LogP contribution >= 0.6 is 11.6 Å². The maximum absolute atomic E-state index is 14.1. The van der Waals surface area contributed by atoms with Gasteiger partial charge in [0, 0.05) is 74.2 Å². The number of carbonyl (C=O) groups is 1. The summed E-state index contributed by atoms with van der Waals surface area (Å²) in [6.45, 7) is 13.2. The molecule has 2 bridgehead atoms. The summed E-state index contributed by atoms with van der Waals surface area (Å²) in [4.78, 5) is 21.6. The predicted octanol–water partition coefficient (Wildman–Crippen LogP) is 5.81. The second-order valence-electron chi connectivity index (χ2n) is 17.2. The van der Waals surface area contributed by atoms with E-state index in [1.165, 1.54) is 11.1 Å². The molecule has 7 atom stereocenters. The third kappa shape index (κ3) is 7.26. The number of aryl methyl sites for hydroxylation is 1. The van der Waals surface area contributed by atoms with Gasteiger partial charge in [0.2, 0.25) is 0 Å². The minimum Gasteiger partial charge on any atom is -0.490 e. The normalized spacial score (nSPS) is 35.9. The molecule has 4 heterocycles. The van der Waals surface area contributed by atoms with Gasteiger partial charge >= 0.3 is 0 Å². The molecule has 1 N–H and O–H groups in total. The molecule has 1 unspecified atom stereocenters. The molecule has 2 aromatic carbocycles. The predicted molar refractivity (Wildman–Crippen MR) is 214 cm³/mol. The topological polar surface area (TPSA) is 83.6 Å². The van der Waals surface area contributed by atoms with Crippen molar-refractivity contribution in [3.8, 4) is 5.75 Å². The second-order valence-corrected chi connectivity index (χ2v) is 20.1. The van der Waals surface area contributed by atoms with Crippen LogP contribution in [0.5, 0.6) is 5.75 Å². The van der Waals surface area contributed by atoms with Crippen molar-refractivity contribution in [3.05, 3.63) is 58.1 Å². The van der Waals surface area contributed by atoms with Gasteiger partial charge in [-0.2, -0.15) is 0 Å². The number of anilines is 1. The number of methoxy groups -OCH3 is 1. The molecule has 0 aromatic heterocycles. The highest BCUT2D eigenvalue weighted by Gasteiger charge is 2.51. The SMILES string of the molecule is C=S1(=O)NC(=O)c2ccc3c(c2)N(C[C@@H]2CC[C@H]2[C@@](CN2CCN(C4COC4)CC2)(OC)CCC[C@H](C)[C@H]1C)C[C@@]1(CCCc2cc(Cl)ccc21)CO3. The lowest BCUT2D eigenvalue weighted by Crippen LogP contribution is -2.61. The zero-order valence-electron chi connectivity index (χ0n) is 32.0. The van der Waals surface area contributed by atoms with Crippen molar-refractivity contribution < 1.29 is 23.2 Å². The van der Waals surface area contributed by atoms with E-state index < -0.39 is 9.71 Å². The Kier molecular flexibility index (Phi) is 10.6. The Hall–Kier alpha value is -2.34. The molecule has 9 nitrogen and oxygen atoms in total. The van der Waals surface area contributed by atoms with Gasteiger partial charge in [-0.1, -0.05) is 31.0 Å². The number of piperazine rings is 1. The van der Waals surface area contributed by atoms with E-state index in [0.29, 0.717) is 30.0 Å². The molecule has 3 fully saturated rings. The summed E-state index contributed by atoms with van der Waals surface area (Å²) in [6.07, 6.45) is 8.21. The Balaban J connectivity index is 1.15. The van der Waals surface area contributed by atoms with Gasteiger partial charge < -0.3 is 19.1 Å². The third-order valence-corrected chi connectivity index (χ3v) is 16.6. The fourth-order valence-electron chi connectivity index (χ4n) is 10.5. The van der Waals surface area contributed by atoms with E-state index in [-0.39, 0.29) is 28.1 Å². The van der Waals surface area contributed by atoms with E-state index in [2.05, 4.69) is 44.3 Å². The molecule has 1 amide bonds. The van der Waals surface area contributed by atoms with Gasteiger partial charge in [-0.3, -0.25) is 19.3 Å². The highest BCUT2D eigenvalue weighted by atomic mass is 35.5. The van der Waals surface area contributed by atoms with E-state index in [9.17, 15) is 9.00 Å². The Bertz CT molecular complexity index is 1780. The van der Waals surface area contributed by atoms with Crippen molar-refractivity contribution in [2.75, 3.05) is 77.6 Å². The van der Waals surface area contributed by atoms with Crippen LogP contribution in [-0.2, 0) is 31.0 Å². The first-order chi connectivity index (χ1) is 25.5. The first kappa shape index (κ1) is 37.6. The van der Waals surface area contributed by atoms with Gasteiger partial charge in [-0.25, -0.2) is 4.21 Å². The number of hydrogen-bond donors (Lipinski definition) is 1. The summed E-state index contributed by atoms with van der Waals surface area (Å²) in [6, 6.07) is 12.7. The van der Waals surface area contributed by atoms with E-state index in [1.807, 2.05) is 38.3 Å². The first-order valence-electron chi connectivity index (χ1n) is 20.1. The number of nitrogens with one attached hydrogen (secondary N) is 1. The number of ether oxygens (including phenoxy) is 3. The quantitative estimate of drug-likeness (QED) is 0.391. The number of carbonyl (C=O) groups excluding carboxylic acids is 1. The number of halogens is 1. The van der Waals surface area contributed by atoms with Crippen molar-refractivity contribution in [1.29, 1.82) is 0 Å². The van der Waals surface area contributed by atoms with Crippen LogP contribution in [0.2, 0.25) is 5.02 Å². The van der Waals surface area contributed by atoms with Gasteiger partial charge in [0.05, 0.1) is 46.9 Å². The Morgan fingerprint density at radius 2 is 1.85 bits per heavy atom. The summed E-state index contributed by atoms with van der Waals surface area (Å²) >= 11 is 6.53. The van der Waals surface area contributed by atoms with Crippen LogP contribution in [0.1, 0.15) is 80.3 Å². The molecule has 2 aliphatic carbocycles. The molecule has 2 aromatic rings. The molecule has 4 aliphatic heterocycles. The number of hydrogen-bond acceptors (Lipinski definition) is 8. The maximum Gasteiger partial charge on any atom is 0.262 e. The molecule has 53 heavy (non-hydrogen) atoms. The smallest absolute Gasteiger partial charge is 0.262 e. The van der Waals surface area contributed by atoms with Crippen LogP contribution in [0.25, 0.3) is 0 Å². The molecular weight excluding hydrogens is 708 g/mol. The molecule has 1 saturated carbocycles. The molecule has 290 valence electrons. The summed E-state index contributed by atoms with van der Waals surface area (Å²) in [5.74, 6) is 5.50. The zero-order valence-corrected chi connectivity index (χ0v) is 33.5. The average molecular weight is 767 g/mol. The fraction of sp³-hybridized carbons (Fsp3) is 0.667. The van der Waals surface area contributed by atoms with Crippen LogP contribution in [0.15, 0.2) is 36.4 Å². The molecule has 6 aliphatic rings. The van der Waals surface area contributed by atoms with Gasteiger partial charge in [0.15, 0.2) is 0 Å². The van der Waals surface area contributed by atoms with Crippen molar-refractivity contribution in [2.45, 2.75) is 87.5 Å². The number of fused-ring (bicyclic) bond motifs is 4. The van der Waals surface area contributed by atoms with Crippen molar-refractivity contribution in [3.63, 3.8) is 0 Å². The summed E-state index contributed by atoms with van der Waals surface area (Å²) < 4.78 is 36.1. The molecule has 1 spiro atoms. The largest absolute Gasteiger partial charge is 0.490 e. The minimum atomic E-state index is -2.92. The van der Waals surface area contributed by atoms with Crippen molar-refractivity contribution in [1.82, 2.24) is 14.5 Å². The molecule has 11 heteroatoms. The van der Waals surface area contributed by atoms with E-state index in [1.54, 1.807) is 0 Å². The molecule has 8 rings (SSSR count). The summed E-state index contributed by atoms with van der Waals surface area (Å²) in [5.41, 5.74) is 3.56. The highest BCUT2D eigenvalue weighted by Crippen LogP contribution is 2.50. The standard InChI is InChI=1S/C42H59ClN4O5S/c1-29-7-5-16-42(50-3,27-45-17-19-46(20-18-45)35-24-51-25-35)37-12-9-33(37)23-47-26-41(15-6-8-31-21-34(43)11-13-36(31)41)28-52-39-14-10-32(22-38(39)47)40(48)44-53(4,49)30(29)2/h10-11,13-14,21-22,29-30,33,35,37H,4-9,12,15-20,23-28H2,1-3H3,(H,44,48,49)/t29-,30+,33-,37+,41-,42+,53?/m0/s1. The van der Waals surface area contributed by atoms with Crippen LogP contribution in [-0.4, -0.2) is 115 Å². The van der Waals surface area contributed by atoms with E-state index in [0.717, 1.165) is 127 Å². The Morgan fingerprint density at radius 1 is 1.04 bits per heavy atom. The highest BCUT2D eigenvalue weighted by molar-refractivity contribution is 7.99. The third-order valence-electron chi connectivity index (χ3n) is 14.2. The van der Waals surface area contributed by atoms with E-state index >= 15 is 0 Å². The van der Waals surface area contributed by atoms with Crippen molar-refractivity contribution >= 4 is 38.8 Å². The van der Waals surface area contributed by atoms with Crippen LogP contribution < -0.4 is 14.4 Å². The maximum atomic E-state index is 14.1. The first-order valence-corrected chi connectivity index (χ1v) is 22.2.